The summed E-state index contributed by atoms with van der Waals surface area (Å²) in [5, 5.41) is 3.22. The number of alkyl halides is 3. The van der Waals surface area contributed by atoms with Crippen LogP contribution >= 0.6 is 24.0 Å². The molecule has 0 aliphatic carbocycles. The second-order valence-electron chi connectivity index (χ2n) is 7.16. The Bertz CT molecular complexity index is 490. The van der Waals surface area contributed by atoms with E-state index in [1.807, 2.05) is 11.8 Å². The SMILES string of the molecule is CCNC(=NCCCCC(F)(F)F)N1CCN(CC(=O)N2CCCC2)CC1.I. The van der Waals surface area contributed by atoms with Crippen molar-refractivity contribution in [2.75, 3.05) is 58.9 Å². The van der Waals surface area contributed by atoms with Crippen molar-refractivity contribution in [3.05, 3.63) is 0 Å². The molecule has 2 aliphatic rings. The maximum atomic E-state index is 12.3. The number of carbonyl (C=O) groups is 1. The van der Waals surface area contributed by atoms with E-state index in [2.05, 4.69) is 20.1 Å². The highest BCUT2D eigenvalue weighted by Crippen LogP contribution is 2.22. The predicted octanol–water partition coefficient (Wildman–Crippen LogP) is 2.54. The van der Waals surface area contributed by atoms with Crippen LogP contribution in [0, 0.1) is 0 Å². The molecule has 2 fully saturated rings. The molecule has 28 heavy (non-hydrogen) atoms. The van der Waals surface area contributed by atoms with Crippen molar-refractivity contribution in [3.8, 4) is 0 Å². The van der Waals surface area contributed by atoms with Crippen LogP contribution in [0.5, 0.6) is 0 Å². The maximum absolute atomic E-state index is 12.3. The number of piperazine rings is 1. The summed E-state index contributed by atoms with van der Waals surface area (Å²) < 4.78 is 36.6. The van der Waals surface area contributed by atoms with Gasteiger partial charge >= 0.3 is 6.18 Å². The van der Waals surface area contributed by atoms with Crippen molar-refractivity contribution in [1.82, 2.24) is 20.0 Å². The van der Waals surface area contributed by atoms with Gasteiger partial charge in [0.15, 0.2) is 5.96 Å². The summed E-state index contributed by atoms with van der Waals surface area (Å²) in [6.07, 6.45) is -2.09. The first kappa shape index (κ1) is 25.3. The van der Waals surface area contributed by atoms with Gasteiger partial charge in [-0.2, -0.15) is 13.2 Å². The van der Waals surface area contributed by atoms with Crippen molar-refractivity contribution in [2.45, 2.75) is 45.2 Å². The number of rotatable bonds is 7. The highest BCUT2D eigenvalue weighted by atomic mass is 127. The molecule has 0 bridgehead atoms. The number of nitrogens with one attached hydrogen (secondary N) is 1. The van der Waals surface area contributed by atoms with Gasteiger partial charge in [-0.25, -0.2) is 0 Å². The lowest BCUT2D eigenvalue weighted by molar-refractivity contribution is -0.135. The minimum Gasteiger partial charge on any atom is -0.357 e. The lowest BCUT2D eigenvalue weighted by atomic mass is 10.2. The summed E-state index contributed by atoms with van der Waals surface area (Å²) in [5.74, 6) is 0.973. The fourth-order valence-electron chi connectivity index (χ4n) is 3.42. The van der Waals surface area contributed by atoms with E-state index in [0.29, 0.717) is 19.5 Å². The van der Waals surface area contributed by atoms with Gasteiger partial charge in [-0.1, -0.05) is 0 Å². The zero-order valence-electron chi connectivity index (χ0n) is 16.6. The summed E-state index contributed by atoms with van der Waals surface area (Å²) >= 11 is 0. The first-order valence-corrected chi connectivity index (χ1v) is 9.99. The summed E-state index contributed by atoms with van der Waals surface area (Å²) in [6, 6.07) is 0. The normalized spacial score (nSPS) is 18.9. The minimum absolute atomic E-state index is 0. The Labute approximate surface area is 182 Å². The van der Waals surface area contributed by atoms with Gasteiger partial charge < -0.3 is 15.1 Å². The number of unbranched alkanes of at least 4 members (excludes halogenated alkanes) is 1. The van der Waals surface area contributed by atoms with Gasteiger partial charge in [-0.3, -0.25) is 14.7 Å². The maximum Gasteiger partial charge on any atom is 0.389 e. The molecule has 0 spiro atoms. The molecule has 0 saturated carbocycles. The number of nitrogens with zero attached hydrogens (tertiary/aromatic N) is 4. The van der Waals surface area contributed by atoms with E-state index in [0.717, 1.165) is 64.6 Å². The van der Waals surface area contributed by atoms with Crippen LogP contribution in [0.15, 0.2) is 4.99 Å². The number of halogens is 4. The number of likely N-dealkylation sites (tertiary alicyclic amines) is 1. The molecule has 2 aliphatic heterocycles. The van der Waals surface area contributed by atoms with Gasteiger partial charge in [0, 0.05) is 58.8 Å². The molecular weight excluding hydrogens is 486 g/mol. The Morgan fingerprint density at radius 2 is 1.64 bits per heavy atom. The van der Waals surface area contributed by atoms with E-state index in [9.17, 15) is 18.0 Å². The number of guanidine groups is 1. The van der Waals surface area contributed by atoms with Crippen LogP contribution < -0.4 is 5.32 Å². The van der Waals surface area contributed by atoms with Gasteiger partial charge in [0.05, 0.1) is 6.54 Å². The smallest absolute Gasteiger partial charge is 0.357 e. The molecule has 1 amide bonds. The minimum atomic E-state index is -4.09. The van der Waals surface area contributed by atoms with E-state index < -0.39 is 12.6 Å². The van der Waals surface area contributed by atoms with Crippen LogP contribution in [-0.2, 0) is 4.79 Å². The first-order chi connectivity index (χ1) is 12.9. The van der Waals surface area contributed by atoms with E-state index in [4.69, 9.17) is 0 Å². The van der Waals surface area contributed by atoms with Crippen LogP contribution in [-0.4, -0.2) is 91.6 Å². The van der Waals surface area contributed by atoms with Crippen LogP contribution in [0.1, 0.15) is 39.0 Å². The summed E-state index contributed by atoms with van der Waals surface area (Å²) in [7, 11) is 0. The lowest BCUT2D eigenvalue weighted by Crippen LogP contribution is -2.54. The predicted molar refractivity (Wildman–Crippen MR) is 115 cm³/mol. The second-order valence-corrected chi connectivity index (χ2v) is 7.16. The second kappa shape index (κ2) is 12.7. The van der Waals surface area contributed by atoms with Crippen LogP contribution in [0.3, 0.4) is 0 Å². The fourth-order valence-corrected chi connectivity index (χ4v) is 3.42. The largest absolute Gasteiger partial charge is 0.389 e. The Kier molecular flexibility index (Phi) is 11.5. The lowest BCUT2D eigenvalue weighted by Gasteiger charge is -2.36. The van der Waals surface area contributed by atoms with Gasteiger partial charge in [0.25, 0.3) is 0 Å². The standard InChI is InChI=1S/C18H32F3N5O.HI/c1-2-22-17(23-8-4-3-7-18(19,20)21)26-13-11-24(12-14-26)15-16(27)25-9-5-6-10-25;/h2-15H2,1H3,(H,22,23);1H. The number of hydrogen-bond acceptors (Lipinski definition) is 3. The number of aliphatic imine (C=N–C) groups is 1. The zero-order chi connectivity index (χ0) is 19.7. The summed E-state index contributed by atoms with van der Waals surface area (Å²) in [5.41, 5.74) is 0. The Hall–Kier alpha value is -0.780. The third-order valence-corrected chi connectivity index (χ3v) is 4.95. The highest BCUT2D eigenvalue weighted by molar-refractivity contribution is 14.0. The zero-order valence-corrected chi connectivity index (χ0v) is 19.0. The van der Waals surface area contributed by atoms with Gasteiger partial charge in [-0.05, 0) is 32.6 Å². The number of carbonyl (C=O) groups excluding carboxylic acids is 1. The monoisotopic (exact) mass is 519 g/mol. The van der Waals surface area contributed by atoms with Crippen molar-refractivity contribution < 1.29 is 18.0 Å². The van der Waals surface area contributed by atoms with Crippen LogP contribution in [0.25, 0.3) is 0 Å². The Balaban J connectivity index is 0.00000392. The van der Waals surface area contributed by atoms with Crippen molar-refractivity contribution in [1.29, 1.82) is 0 Å². The van der Waals surface area contributed by atoms with Crippen LogP contribution in [0.4, 0.5) is 13.2 Å². The highest BCUT2D eigenvalue weighted by Gasteiger charge is 2.26. The van der Waals surface area contributed by atoms with E-state index in [1.54, 1.807) is 0 Å². The van der Waals surface area contributed by atoms with Crippen molar-refractivity contribution >= 4 is 35.8 Å². The molecule has 2 heterocycles. The molecule has 10 heteroatoms. The molecule has 1 N–H and O–H groups in total. The van der Waals surface area contributed by atoms with E-state index >= 15 is 0 Å². The number of hydrogen-bond donors (Lipinski definition) is 1. The molecule has 0 radical (unpaired) electrons. The topological polar surface area (TPSA) is 51.2 Å². The van der Waals surface area contributed by atoms with Gasteiger partial charge in [0.2, 0.25) is 5.91 Å². The molecule has 6 nitrogen and oxygen atoms in total. The summed E-state index contributed by atoms with van der Waals surface area (Å²) in [4.78, 5) is 23.0. The van der Waals surface area contributed by atoms with Crippen molar-refractivity contribution in [2.24, 2.45) is 4.99 Å². The van der Waals surface area contributed by atoms with Crippen LogP contribution in [0.2, 0.25) is 0 Å². The molecule has 2 saturated heterocycles. The average Bonchev–Trinajstić information content (AvgIpc) is 3.15. The molecule has 0 aromatic heterocycles. The van der Waals surface area contributed by atoms with Gasteiger partial charge in [0.1, 0.15) is 0 Å². The summed E-state index contributed by atoms with van der Waals surface area (Å²) in [6.45, 7) is 8.43. The molecule has 2 rings (SSSR count). The third-order valence-electron chi connectivity index (χ3n) is 4.95. The van der Waals surface area contributed by atoms with E-state index in [1.165, 1.54) is 0 Å². The fraction of sp³-hybridized carbons (Fsp3) is 0.889. The average molecular weight is 519 g/mol. The molecule has 0 atom stereocenters. The Morgan fingerprint density at radius 3 is 2.21 bits per heavy atom. The van der Waals surface area contributed by atoms with E-state index in [-0.39, 0.29) is 36.3 Å². The van der Waals surface area contributed by atoms with Crippen molar-refractivity contribution in [3.63, 3.8) is 0 Å². The Morgan fingerprint density at radius 1 is 1.00 bits per heavy atom. The third kappa shape index (κ3) is 9.15. The van der Waals surface area contributed by atoms with Gasteiger partial charge in [-0.15, -0.1) is 24.0 Å². The first-order valence-electron chi connectivity index (χ1n) is 9.99. The molecule has 0 aromatic rings. The molecule has 164 valence electrons. The molecule has 0 aromatic carbocycles. The number of amides is 1. The molecule has 0 unspecified atom stereocenters. The molecular formula is C18H33F3IN5O. The quantitative estimate of drug-likeness (QED) is 0.243.